The van der Waals surface area contributed by atoms with Gasteiger partial charge in [-0.3, -0.25) is 14.5 Å². The van der Waals surface area contributed by atoms with E-state index in [1.807, 2.05) is 6.92 Å². The molecule has 0 N–H and O–H groups in total. The van der Waals surface area contributed by atoms with Gasteiger partial charge < -0.3 is 9.53 Å². The number of nitrogens with zero attached hydrogens (tertiary/aromatic N) is 1. The van der Waals surface area contributed by atoms with Crippen molar-refractivity contribution in [2.45, 2.75) is 31.9 Å². The maximum absolute atomic E-state index is 12.5. The third-order valence-electron chi connectivity index (χ3n) is 3.61. The zero-order chi connectivity index (χ0) is 17.7. The van der Waals surface area contributed by atoms with Crippen LogP contribution in [0.3, 0.4) is 0 Å². The molecule has 0 saturated heterocycles. The number of benzene rings is 1. The second-order valence-electron chi connectivity index (χ2n) is 5.43. The molecular formula is C17H19NO4S2. The molecule has 1 aliphatic heterocycles. The lowest BCUT2D eigenvalue weighted by Gasteiger charge is -2.22. The highest BCUT2D eigenvalue weighted by Gasteiger charge is 2.36. The Balaban J connectivity index is 2.11. The molecular weight excluding hydrogens is 346 g/mol. The molecule has 1 aromatic carbocycles. The number of hydrogen-bond donors (Lipinski definition) is 0. The molecule has 0 aromatic heterocycles. The number of ketones is 1. The normalized spacial score (nSPS) is 14.5. The zero-order valence-electron chi connectivity index (χ0n) is 13.6. The fourth-order valence-electron chi connectivity index (χ4n) is 2.45. The van der Waals surface area contributed by atoms with Gasteiger partial charge in [0, 0.05) is 18.2 Å². The smallest absolute Gasteiger partial charge is 0.261 e. The van der Waals surface area contributed by atoms with Crippen LogP contribution < -0.4 is 0 Å². The van der Waals surface area contributed by atoms with E-state index < -0.39 is 0 Å². The number of thiocarbonyl (C=S) groups is 1. The molecule has 1 heterocycles. The molecule has 24 heavy (non-hydrogen) atoms. The van der Waals surface area contributed by atoms with Crippen molar-refractivity contribution in [1.29, 1.82) is 0 Å². The number of thioether (sulfide) groups is 1. The van der Waals surface area contributed by atoms with Crippen molar-refractivity contribution in [2.24, 2.45) is 0 Å². The summed E-state index contributed by atoms with van der Waals surface area (Å²) in [7, 11) is 0. The number of rotatable bonds is 7. The number of carbonyl (C=O) groups excluding carboxylic acids is 3. The lowest BCUT2D eigenvalue weighted by Crippen LogP contribution is -2.36. The van der Waals surface area contributed by atoms with E-state index in [-0.39, 0.29) is 29.4 Å². The minimum absolute atomic E-state index is 0.0605. The van der Waals surface area contributed by atoms with Crippen LogP contribution in [0.4, 0.5) is 0 Å². The van der Waals surface area contributed by atoms with Crippen molar-refractivity contribution in [2.75, 3.05) is 13.2 Å². The third kappa shape index (κ3) is 4.42. The number of imide groups is 1. The summed E-state index contributed by atoms with van der Waals surface area (Å²) in [5.41, 5.74) is 0.843. The molecule has 1 aliphatic rings. The van der Waals surface area contributed by atoms with Crippen LogP contribution in [0, 0.1) is 0 Å². The molecule has 1 atom stereocenters. The maximum Gasteiger partial charge on any atom is 0.261 e. The van der Waals surface area contributed by atoms with Crippen LogP contribution >= 0.6 is 24.0 Å². The average molecular weight is 365 g/mol. The van der Waals surface area contributed by atoms with Crippen molar-refractivity contribution < 1.29 is 19.1 Å². The zero-order valence-corrected chi connectivity index (χ0v) is 15.2. The van der Waals surface area contributed by atoms with Crippen LogP contribution in [0.5, 0.6) is 0 Å². The van der Waals surface area contributed by atoms with E-state index in [1.165, 1.54) is 23.6 Å². The first kappa shape index (κ1) is 18.6. The van der Waals surface area contributed by atoms with E-state index in [4.69, 9.17) is 17.0 Å². The molecule has 2 rings (SSSR count). The highest BCUT2D eigenvalue weighted by Crippen LogP contribution is 2.27. The maximum atomic E-state index is 12.5. The van der Waals surface area contributed by atoms with Crippen LogP contribution in [0.1, 0.15) is 47.4 Å². The molecule has 0 radical (unpaired) electrons. The number of Topliss-reactive ketones (excluding diaryl/α,β-unsaturated/α-hetero) is 1. The Bertz CT molecular complexity index is 639. The second kappa shape index (κ2) is 8.39. The number of amides is 2. The summed E-state index contributed by atoms with van der Waals surface area (Å²) in [6, 6.07) is 6.77. The van der Waals surface area contributed by atoms with Crippen molar-refractivity contribution in [3.8, 4) is 0 Å². The number of carbonyl (C=O) groups is 3. The van der Waals surface area contributed by atoms with Gasteiger partial charge in [-0.25, -0.2) is 0 Å². The molecule has 128 valence electrons. The van der Waals surface area contributed by atoms with Crippen LogP contribution in [-0.2, 0) is 9.53 Å². The minimum Gasteiger partial charge on any atom is -0.479 e. The second-order valence-corrected chi connectivity index (χ2v) is 7.33. The Morgan fingerprint density at radius 3 is 2.33 bits per heavy atom. The summed E-state index contributed by atoms with van der Waals surface area (Å²) < 4.78 is 5.64. The van der Waals surface area contributed by atoms with E-state index >= 15 is 0 Å². The Morgan fingerprint density at radius 1 is 1.25 bits per heavy atom. The van der Waals surface area contributed by atoms with E-state index in [1.54, 1.807) is 24.3 Å². The van der Waals surface area contributed by atoms with E-state index in [0.29, 0.717) is 35.0 Å². The molecule has 0 spiro atoms. The minimum atomic E-state index is -0.300. The number of hydrogen-bond acceptors (Lipinski definition) is 6. The monoisotopic (exact) mass is 365 g/mol. The van der Waals surface area contributed by atoms with Gasteiger partial charge in [0.25, 0.3) is 11.8 Å². The first-order valence-electron chi connectivity index (χ1n) is 7.72. The molecule has 1 aromatic rings. The molecule has 0 saturated carbocycles. The van der Waals surface area contributed by atoms with Gasteiger partial charge >= 0.3 is 0 Å². The molecule has 7 heteroatoms. The fourth-order valence-corrected chi connectivity index (χ4v) is 3.89. The highest BCUT2D eigenvalue weighted by molar-refractivity contribution is 8.23. The van der Waals surface area contributed by atoms with E-state index in [2.05, 4.69) is 0 Å². The summed E-state index contributed by atoms with van der Waals surface area (Å²) >= 11 is 6.44. The van der Waals surface area contributed by atoms with Gasteiger partial charge in [0.05, 0.1) is 17.7 Å². The quantitative estimate of drug-likeness (QED) is 0.547. The Kier molecular flexibility index (Phi) is 6.51. The van der Waals surface area contributed by atoms with Gasteiger partial charge in [0.1, 0.15) is 5.78 Å². The summed E-state index contributed by atoms with van der Waals surface area (Å²) in [6.07, 6.45) is 0.899. The van der Waals surface area contributed by atoms with Crippen LogP contribution in [0.15, 0.2) is 24.3 Å². The molecule has 1 unspecified atom stereocenters. The van der Waals surface area contributed by atoms with Crippen molar-refractivity contribution in [3.63, 3.8) is 0 Å². The van der Waals surface area contributed by atoms with Gasteiger partial charge in [-0.2, -0.15) is 0 Å². The van der Waals surface area contributed by atoms with E-state index in [0.717, 1.165) is 0 Å². The lowest BCUT2D eigenvalue weighted by atomic mass is 10.1. The highest BCUT2D eigenvalue weighted by atomic mass is 32.2. The summed E-state index contributed by atoms with van der Waals surface area (Å²) in [5.74, 6) is -0.539. The van der Waals surface area contributed by atoms with Gasteiger partial charge in [0.2, 0.25) is 4.38 Å². The predicted octanol–water partition coefficient (Wildman–Crippen LogP) is 3.08. The van der Waals surface area contributed by atoms with Crippen LogP contribution in [-0.4, -0.2) is 45.3 Å². The molecule has 5 nitrogen and oxygen atoms in total. The Labute approximate surface area is 150 Å². The van der Waals surface area contributed by atoms with E-state index in [9.17, 15) is 14.4 Å². The summed E-state index contributed by atoms with van der Waals surface area (Å²) in [6.45, 7) is 4.02. The predicted molar refractivity (Wildman–Crippen MR) is 97.3 cm³/mol. The topological polar surface area (TPSA) is 63.7 Å². The van der Waals surface area contributed by atoms with Crippen LogP contribution in [0.25, 0.3) is 0 Å². The standard InChI is InChI=1S/C17H19NO4S2/c1-3-22-17(23)24-12(9-8-11(2)19)10-18-15(20)13-6-4-5-7-14(13)16(18)21/h4-7,12H,3,8-10H2,1-2H3. The van der Waals surface area contributed by atoms with Gasteiger partial charge in [-0.05, 0) is 44.6 Å². The van der Waals surface area contributed by atoms with Gasteiger partial charge in [0.15, 0.2) is 0 Å². The third-order valence-corrected chi connectivity index (χ3v) is 5.04. The summed E-state index contributed by atoms with van der Waals surface area (Å²) in [5, 5.41) is -0.171. The number of fused-ring (bicyclic) bond motifs is 1. The van der Waals surface area contributed by atoms with Gasteiger partial charge in [-0.1, -0.05) is 23.9 Å². The molecule has 0 bridgehead atoms. The average Bonchev–Trinajstić information content (AvgIpc) is 2.78. The van der Waals surface area contributed by atoms with Gasteiger partial charge in [-0.15, -0.1) is 0 Å². The van der Waals surface area contributed by atoms with Crippen molar-refractivity contribution >= 4 is 46.0 Å². The van der Waals surface area contributed by atoms with Crippen molar-refractivity contribution in [3.05, 3.63) is 35.4 Å². The summed E-state index contributed by atoms with van der Waals surface area (Å²) in [4.78, 5) is 37.4. The van der Waals surface area contributed by atoms with Crippen LogP contribution in [0.2, 0.25) is 0 Å². The Morgan fingerprint density at radius 2 is 1.83 bits per heavy atom. The SMILES string of the molecule is CCOC(=S)SC(CCC(C)=O)CN1C(=O)c2ccccc2C1=O. The largest absolute Gasteiger partial charge is 0.479 e. The molecule has 2 amide bonds. The molecule has 0 fully saturated rings. The Hall–Kier alpha value is -1.73. The molecule has 0 aliphatic carbocycles. The lowest BCUT2D eigenvalue weighted by molar-refractivity contribution is -0.117. The first-order valence-corrected chi connectivity index (χ1v) is 9.00. The first-order chi connectivity index (χ1) is 11.4. The number of ether oxygens (including phenoxy) is 1. The van der Waals surface area contributed by atoms with Crippen molar-refractivity contribution in [1.82, 2.24) is 4.90 Å². The fraction of sp³-hybridized carbons (Fsp3) is 0.412.